The lowest BCUT2D eigenvalue weighted by Gasteiger charge is -2.27. The van der Waals surface area contributed by atoms with Crippen molar-refractivity contribution in [1.29, 1.82) is 0 Å². The molecule has 0 amide bonds. The molecule has 0 aliphatic heterocycles. The van der Waals surface area contributed by atoms with Crippen molar-refractivity contribution in [3.63, 3.8) is 0 Å². The molecule has 0 atom stereocenters. The van der Waals surface area contributed by atoms with Crippen LogP contribution in [0, 0.1) is 0 Å². The lowest BCUT2D eigenvalue weighted by atomic mass is 10.0. The van der Waals surface area contributed by atoms with Gasteiger partial charge in [0.2, 0.25) is 0 Å². The summed E-state index contributed by atoms with van der Waals surface area (Å²) in [6.45, 7) is 0. The van der Waals surface area contributed by atoms with Gasteiger partial charge in [-0.2, -0.15) is 0 Å². The molecule has 0 aliphatic carbocycles. The van der Waals surface area contributed by atoms with E-state index < -0.39 is 0 Å². The average Bonchev–Trinajstić information content (AvgIpc) is 3.68. The van der Waals surface area contributed by atoms with Crippen LogP contribution < -0.4 is 4.90 Å². The molecule has 0 spiro atoms. The number of aromatic nitrogens is 2. The summed E-state index contributed by atoms with van der Waals surface area (Å²) in [5.41, 5.74) is 9.88. The first-order valence-corrected chi connectivity index (χ1v) is 14.9. The zero-order valence-corrected chi connectivity index (χ0v) is 24.1. The van der Waals surface area contributed by atoms with Crippen LogP contribution in [0.3, 0.4) is 0 Å². The summed E-state index contributed by atoms with van der Waals surface area (Å²) in [5, 5.41) is 4.18. The minimum absolute atomic E-state index is 0.817. The van der Waals surface area contributed by atoms with Gasteiger partial charge >= 0.3 is 0 Å². The van der Waals surface area contributed by atoms with Crippen LogP contribution in [0.5, 0.6) is 0 Å². The van der Waals surface area contributed by atoms with Crippen molar-refractivity contribution in [2.24, 2.45) is 0 Å². The van der Waals surface area contributed by atoms with Crippen LogP contribution in [0.2, 0.25) is 0 Å². The Morgan fingerprint density at radius 3 is 1.36 bits per heavy atom. The average molecular weight is 580 g/mol. The highest BCUT2D eigenvalue weighted by Gasteiger charge is 2.23. The van der Waals surface area contributed by atoms with Crippen molar-refractivity contribution in [3.8, 4) is 22.5 Å². The van der Waals surface area contributed by atoms with Crippen LogP contribution in [0.15, 0.2) is 161 Å². The Morgan fingerprint density at radius 1 is 0.400 bits per heavy atom. The van der Waals surface area contributed by atoms with E-state index in [9.17, 15) is 0 Å². The number of para-hydroxylation sites is 3. The van der Waals surface area contributed by atoms with Crippen molar-refractivity contribution in [2.45, 2.75) is 0 Å². The molecule has 4 heterocycles. The van der Waals surface area contributed by atoms with Gasteiger partial charge in [-0.25, -0.2) is 0 Å². The van der Waals surface area contributed by atoms with Crippen LogP contribution in [-0.4, -0.2) is 9.97 Å². The molecule has 0 N–H and O–H groups in total. The van der Waals surface area contributed by atoms with Crippen LogP contribution >= 0.6 is 0 Å². The number of anilines is 3. The summed E-state index contributed by atoms with van der Waals surface area (Å²) in [4.78, 5) is 11.8. The van der Waals surface area contributed by atoms with Gasteiger partial charge in [-0.1, -0.05) is 66.7 Å². The molecule has 9 rings (SSSR count). The van der Waals surface area contributed by atoms with Gasteiger partial charge in [0.05, 0.1) is 11.4 Å². The first-order chi connectivity index (χ1) is 22.3. The van der Waals surface area contributed by atoms with E-state index in [1.807, 2.05) is 79.1 Å². The predicted octanol–water partition coefficient (Wildman–Crippen LogP) is 11.1. The van der Waals surface area contributed by atoms with Gasteiger partial charge in [0.25, 0.3) is 0 Å². The molecule has 5 nitrogen and oxygen atoms in total. The molecule has 4 aromatic heterocycles. The maximum absolute atomic E-state index is 6.48. The van der Waals surface area contributed by atoms with Crippen LogP contribution in [0.25, 0.3) is 66.4 Å². The molecule has 9 aromatic rings. The Morgan fingerprint density at radius 2 is 0.867 bits per heavy atom. The Bertz CT molecular complexity index is 2330. The zero-order chi connectivity index (χ0) is 29.7. The van der Waals surface area contributed by atoms with Crippen LogP contribution in [-0.2, 0) is 0 Å². The molecule has 45 heavy (non-hydrogen) atoms. The summed E-state index contributed by atoms with van der Waals surface area (Å²) >= 11 is 0. The Balaban J connectivity index is 1.38. The van der Waals surface area contributed by atoms with Crippen molar-refractivity contribution in [2.75, 3.05) is 4.90 Å². The number of rotatable bonds is 5. The largest absolute Gasteiger partial charge is 0.455 e. The molecule has 5 aromatic carbocycles. The normalized spacial score (nSPS) is 11.6. The minimum atomic E-state index is 0.817. The lowest BCUT2D eigenvalue weighted by Crippen LogP contribution is -2.10. The second kappa shape index (κ2) is 10.2. The minimum Gasteiger partial charge on any atom is -0.455 e. The van der Waals surface area contributed by atoms with Gasteiger partial charge in [0, 0.05) is 62.1 Å². The predicted molar refractivity (Wildman–Crippen MR) is 182 cm³/mol. The van der Waals surface area contributed by atoms with Gasteiger partial charge in [-0.15, -0.1) is 0 Å². The third-order valence-electron chi connectivity index (χ3n) is 8.34. The highest BCUT2D eigenvalue weighted by atomic mass is 16.3. The molecule has 0 saturated heterocycles. The van der Waals surface area contributed by atoms with E-state index in [2.05, 4.69) is 77.7 Å². The summed E-state index contributed by atoms with van der Waals surface area (Å²) in [6, 6.07) is 47.6. The van der Waals surface area contributed by atoms with E-state index >= 15 is 0 Å². The molecule has 0 aliphatic rings. The van der Waals surface area contributed by atoms with Gasteiger partial charge in [0.15, 0.2) is 0 Å². The molecule has 0 unspecified atom stereocenters. The number of hydrogen-bond donors (Lipinski definition) is 0. The first kappa shape index (κ1) is 25.3. The van der Waals surface area contributed by atoms with E-state index in [4.69, 9.17) is 18.8 Å². The van der Waals surface area contributed by atoms with Crippen molar-refractivity contribution in [3.05, 3.63) is 152 Å². The number of nitrogens with zero attached hydrogens (tertiary/aromatic N) is 3. The third-order valence-corrected chi connectivity index (χ3v) is 8.34. The molecule has 0 fully saturated rings. The van der Waals surface area contributed by atoms with E-state index in [1.165, 1.54) is 0 Å². The first-order valence-electron chi connectivity index (χ1n) is 14.9. The van der Waals surface area contributed by atoms with Gasteiger partial charge in [-0.3, -0.25) is 9.97 Å². The third kappa shape index (κ3) is 4.17. The maximum atomic E-state index is 6.48. The number of hydrogen-bond acceptors (Lipinski definition) is 5. The molecular weight excluding hydrogens is 554 g/mol. The van der Waals surface area contributed by atoms with E-state index in [0.717, 1.165) is 83.5 Å². The summed E-state index contributed by atoms with van der Waals surface area (Å²) in [7, 11) is 0. The number of pyridine rings is 2. The molecular formula is C40H25N3O2. The number of benzene rings is 5. The van der Waals surface area contributed by atoms with Crippen molar-refractivity contribution < 1.29 is 8.83 Å². The summed E-state index contributed by atoms with van der Waals surface area (Å²) in [6.07, 6.45) is 3.64. The number of fused-ring (bicyclic) bond motifs is 6. The van der Waals surface area contributed by atoms with Crippen LogP contribution in [0.1, 0.15) is 0 Å². The van der Waals surface area contributed by atoms with Crippen molar-refractivity contribution in [1.82, 2.24) is 9.97 Å². The fourth-order valence-electron chi connectivity index (χ4n) is 6.33. The Kier molecular flexibility index (Phi) is 5.74. The highest BCUT2D eigenvalue weighted by molar-refractivity contribution is 6.13. The highest BCUT2D eigenvalue weighted by Crippen LogP contribution is 2.46. The van der Waals surface area contributed by atoms with Gasteiger partial charge in [-0.05, 0) is 72.8 Å². The molecule has 0 radical (unpaired) electrons. The monoisotopic (exact) mass is 579 g/mol. The van der Waals surface area contributed by atoms with Crippen LogP contribution in [0.4, 0.5) is 17.1 Å². The molecule has 212 valence electrons. The topological polar surface area (TPSA) is 55.3 Å². The zero-order valence-electron chi connectivity index (χ0n) is 24.1. The van der Waals surface area contributed by atoms with E-state index in [-0.39, 0.29) is 0 Å². The Hall–Kier alpha value is -6.20. The summed E-state index contributed by atoms with van der Waals surface area (Å²) in [5.74, 6) is 0. The fraction of sp³-hybridized carbons (Fsp3) is 0. The second-order valence-electron chi connectivity index (χ2n) is 11.0. The van der Waals surface area contributed by atoms with E-state index in [0.29, 0.717) is 0 Å². The van der Waals surface area contributed by atoms with Crippen molar-refractivity contribution >= 4 is 60.9 Å². The van der Waals surface area contributed by atoms with Gasteiger partial charge < -0.3 is 13.7 Å². The number of furan rings is 2. The quantitative estimate of drug-likeness (QED) is 0.203. The maximum Gasteiger partial charge on any atom is 0.144 e. The summed E-state index contributed by atoms with van der Waals surface area (Å²) < 4.78 is 13.0. The fourth-order valence-corrected chi connectivity index (χ4v) is 6.33. The lowest BCUT2D eigenvalue weighted by molar-refractivity contribution is 0.669. The second-order valence-corrected chi connectivity index (χ2v) is 11.0. The van der Waals surface area contributed by atoms with Gasteiger partial charge in [0.1, 0.15) is 22.3 Å². The molecule has 0 bridgehead atoms. The molecule has 0 saturated carbocycles. The van der Waals surface area contributed by atoms with E-state index in [1.54, 1.807) is 0 Å². The smallest absolute Gasteiger partial charge is 0.144 e. The molecule has 5 heteroatoms. The Labute approximate surface area is 258 Å². The standard InChI is InChI=1S/C40H25N3O2/c1-2-12-26(13-3-1)43(27-22-31-29-14-4-6-18-37(29)44-39(31)33(24-27)35-16-8-10-20-41-35)28-23-32-30-15-5-7-19-38(30)45-40(32)34(25-28)36-17-9-11-21-42-36/h1-25H. The SMILES string of the molecule is c1ccc(N(c2cc(-c3ccccn3)c3oc4ccccc4c3c2)c2cc(-c3ccccn3)c3oc4ccccc4c3c2)cc1.